The van der Waals surface area contributed by atoms with Crippen LogP contribution in [0.4, 0.5) is 5.82 Å². The van der Waals surface area contributed by atoms with E-state index in [1.165, 1.54) is 6.20 Å². The topological polar surface area (TPSA) is 63.2 Å². The highest BCUT2D eigenvalue weighted by atomic mass is 35.5. The van der Waals surface area contributed by atoms with Crippen LogP contribution in [0.25, 0.3) is 0 Å². The summed E-state index contributed by atoms with van der Waals surface area (Å²) in [6.07, 6.45) is 2.47. The number of halogens is 1. The van der Waals surface area contributed by atoms with Gasteiger partial charge in [0, 0.05) is 25.4 Å². The van der Waals surface area contributed by atoms with Gasteiger partial charge in [0.2, 0.25) is 0 Å². The zero-order valence-electron chi connectivity index (χ0n) is 12.2. The fourth-order valence-corrected chi connectivity index (χ4v) is 1.79. The highest BCUT2D eigenvalue weighted by Crippen LogP contribution is 2.18. The van der Waals surface area contributed by atoms with Crippen molar-refractivity contribution in [3.63, 3.8) is 0 Å². The van der Waals surface area contributed by atoms with Gasteiger partial charge in [0.15, 0.2) is 0 Å². The molecule has 0 aliphatic carbocycles. The van der Waals surface area contributed by atoms with E-state index in [9.17, 15) is 4.79 Å². The van der Waals surface area contributed by atoms with Crippen LogP contribution in [-0.2, 0) is 4.74 Å². The van der Waals surface area contributed by atoms with Gasteiger partial charge in [-0.25, -0.2) is 4.98 Å². The number of nitrogens with zero attached hydrogens (tertiary/aromatic N) is 1. The molecule has 1 aromatic heterocycles. The molecule has 0 saturated heterocycles. The van der Waals surface area contributed by atoms with E-state index in [0.29, 0.717) is 29.6 Å². The highest BCUT2D eigenvalue weighted by molar-refractivity contribution is 6.33. The summed E-state index contributed by atoms with van der Waals surface area (Å²) in [4.78, 5) is 16.3. The maximum Gasteiger partial charge on any atom is 0.253 e. The Labute approximate surface area is 125 Å². The molecule has 0 bridgehead atoms. The Balaban J connectivity index is 2.70. The van der Waals surface area contributed by atoms with Crippen LogP contribution < -0.4 is 10.6 Å². The zero-order chi connectivity index (χ0) is 15.0. The van der Waals surface area contributed by atoms with E-state index in [1.54, 1.807) is 6.07 Å². The SMILES string of the molecule is CCCNc1cc(C(=O)NC(C)COCC)c(Cl)cn1. The third kappa shape index (κ3) is 5.35. The summed E-state index contributed by atoms with van der Waals surface area (Å²) < 4.78 is 5.27. The number of aromatic nitrogens is 1. The first-order chi connectivity index (χ1) is 9.58. The van der Waals surface area contributed by atoms with Crippen LogP contribution in [0.1, 0.15) is 37.6 Å². The Kier molecular flexibility index (Phi) is 7.33. The van der Waals surface area contributed by atoms with E-state index in [1.807, 2.05) is 13.8 Å². The van der Waals surface area contributed by atoms with Crippen molar-refractivity contribution in [1.29, 1.82) is 0 Å². The van der Waals surface area contributed by atoms with E-state index in [4.69, 9.17) is 16.3 Å². The van der Waals surface area contributed by atoms with Crippen molar-refractivity contribution < 1.29 is 9.53 Å². The Hall–Kier alpha value is -1.33. The number of rotatable bonds is 8. The van der Waals surface area contributed by atoms with Crippen LogP contribution in [0.2, 0.25) is 5.02 Å². The van der Waals surface area contributed by atoms with Gasteiger partial charge in [0.1, 0.15) is 5.82 Å². The molecular weight excluding hydrogens is 278 g/mol. The first-order valence-corrected chi connectivity index (χ1v) is 7.24. The maximum atomic E-state index is 12.2. The maximum absolute atomic E-state index is 12.2. The summed E-state index contributed by atoms with van der Waals surface area (Å²) in [5.74, 6) is 0.433. The van der Waals surface area contributed by atoms with Crippen LogP contribution in [-0.4, -0.2) is 36.7 Å². The number of ether oxygens (including phenoxy) is 1. The quantitative estimate of drug-likeness (QED) is 0.775. The van der Waals surface area contributed by atoms with E-state index in [0.717, 1.165) is 13.0 Å². The molecule has 6 heteroatoms. The minimum atomic E-state index is -0.218. The van der Waals surface area contributed by atoms with Crippen molar-refractivity contribution >= 4 is 23.3 Å². The average Bonchev–Trinajstić information content (AvgIpc) is 2.44. The molecule has 0 radical (unpaired) electrons. The highest BCUT2D eigenvalue weighted by Gasteiger charge is 2.14. The molecule has 1 rings (SSSR count). The monoisotopic (exact) mass is 299 g/mol. The third-order valence-electron chi connectivity index (χ3n) is 2.61. The van der Waals surface area contributed by atoms with Crippen LogP contribution in [0, 0.1) is 0 Å². The fraction of sp³-hybridized carbons (Fsp3) is 0.571. The molecular formula is C14H22ClN3O2. The second-order valence-electron chi connectivity index (χ2n) is 4.51. The summed E-state index contributed by atoms with van der Waals surface area (Å²) in [5, 5.41) is 6.32. The minimum absolute atomic E-state index is 0.0706. The lowest BCUT2D eigenvalue weighted by Gasteiger charge is -2.14. The Morgan fingerprint density at radius 2 is 2.25 bits per heavy atom. The van der Waals surface area contributed by atoms with Crippen LogP contribution in [0.3, 0.4) is 0 Å². The predicted octanol–water partition coefficient (Wildman–Crippen LogP) is 2.71. The summed E-state index contributed by atoms with van der Waals surface area (Å²) in [7, 11) is 0. The van der Waals surface area contributed by atoms with E-state index < -0.39 is 0 Å². The van der Waals surface area contributed by atoms with Gasteiger partial charge in [0.05, 0.1) is 17.2 Å². The molecule has 0 spiro atoms. The predicted molar refractivity (Wildman–Crippen MR) is 81.4 cm³/mol. The molecule has 0 aromatic carbocycles. The van der Waals surface area contributed by atoms with Gasteiger partial charge < -0.3 is 15.4 Å². The molecule has 1 atom stereocenters. The van der Waals surface area contributed by atoms with E-state index in [2.05, 4.69) is 22.5 Å². The molecule has 1 heterocycles. The van der Waals surface area contributed by atoms with Crippen molar-refractivity contribution in [1.82, 2.24) is 10.3 Å². The van der Waals surface area contributed by atoms with Crippen molar-refractivity contribution in [3.05, 3.63) is 22.8 Å². The molecule has 5 nitrogen and oxygen atoms in total. The Bertz CT molecular complexity index is 440. The van der Waals surface area contributed by atoms with Crippen molar-refractivity contribution in [2.75, 3.05) is 25.1 Å². The molecule has 20 heavy (non-hydrogen) atoms. The summed E-state index contributed by atoms with van der Waals surface area (Å²) in [6.45, 7) is 7.77. The smallest absolute Gasteiger partial charge is 0.253 e. The van der Waals surface area contributed by atoms with Gasteiger partial charge in [-0.15, -0.1) is 0 Å². The van der Waals surface area contributed by atoms with Gasteiger partial charge in [-0.05, 0) is 26.3 Å². The van der Waals surface area contributed by atoms with Crippen molar-refractivity contribution in [3.8, 4) is 0 Å². The molecule has 1 amide bonds. The van der Waals surface area contributed by atoms with Crippen LogP contribution in [0.15, 0.2) is 12.3 Å². The van der Waals surface area contributed by atoms with Crippen LogP contribution in [0.5, 0.6) is 0 Å². The molecule has 0 fully saturated rings. The van der Waals surface area contributed by atoms with Crippen LogP contribution >= 0.6 is 11.6 Å². The van der Waals surface area contributed by atoms with Gasteiger partial charge in [-0.3, -0.25) is 4.79 Å². The summed E-state index contributed by atoms with van der Waals surface area (Å²) in [6, 6.07) is 1.60. The molecule has 112 valence electrons. The molecule has 0 aliphatic heterocycles. The van der Waals surface area contributed by atoms with Gasteiger partial charge in [0.25, 0.3) is 5.91 Å². The summed E-state index contributed by atoms with van der Waals surface area (Å²) in [5.41, 5.74) is 0.420. The largest absolute Gasteiger partial charge is 0.380 e. The van der Waals surface area contributed by atoms with Crippen molar-refractivity contribution in [2.24, 2.45) is 0 Å². The molecule has 1 unspecified atom stereocenters. The number of pyridine rings is 1. The average molecular weight is 300 g/mol. The lowest BCUT2D eigenvalue weighted by atomic mass is 10.2. The Morgan fingerprint density at radius 1 is 1.50 bits per heavy atom. The zero-order valence-corrected chi connectivity index (χ0v) is 13.0. The lowest BCUT2D eigenvalue weighted by molar-refractivity contribution is 0.0872. The number of nitrogens with one attached hydrogen (secondary N) is 2. The lowest BCUT2D eigenvalue weighted by Crippen LogP contribution is -2.36. The molecule has 0 saturated carbocycles. The molecule has 1 aromatic rings. The van der Waals surface area contributed by atoms with E-state index >= 15 is 0 Å². The second-order valence-corrected chi connectivity index (χ2v) is 4.92. The van der Waals surface area contributed by atoms with Crippen molar-refractivity contribution in [2.45, 2.75) is 33.2 Å². The van der Waals surface area contributed by atoms with Gasteiger partial charge >= 0.3 is 0 Å². The van der Waals surface area contributed by atoms with Gasteiger partial charge in [-0.1, -0.05) is 18.5 Å². The standard InChI is InChI=1S/C14H22ClN3O2/c1-4-6-16-13-7-11(12(15)8-17-13)14(19)18-10(3)9-20-5-2/h7-8,10H,4-6,9H2,1-3H3,(H,16,17)(H,18,19). The third-order valence-corrected chi connectivity index (χ3v) is 2.91. The minimum Gasteiger partial charge on any atom is -0.380 e. The molecule has 0 aliphatic rings. The first kappa shape index (κ1) is 16.7. The Morgan fingerprint density at radius 3 is 2.90 bits per heavy atom. The fourth-order valence-electron chi connectivity index (χ4n) is 1.60. The normalized spacial score (nSPS) is 12.0. The molecule has 2 N–H and O–H groups in total. The number of amides is 1. The second kappa shape index (κ2) is 8.76. The number of anilines is 1. The summed E-state index contributed by atoms with van der Waals surface area (Å²) >= 11 is 6.03. The number of hydrogen-bond donors (Lipinski definition) is 2. The van der Waals surface area contributed by atoms with E-state index in [-0.39, 0.29) is 11.9 Å². The number of hydrogen-bond acceptors (Lipinski definition) is 4. The van der Waals surface area contributed by atoms with Gasteiger partial charge in [-0.2, -0.15) is 0 Å². The number of carbonyl (C=O) groups excluding carboxylic acids is 1. The number of carbonyl (C=O) groups is 1. The first-order valence-electron chi connectivity index (χ1n) is 6.86.